The Labute approximate surface area is 125 Å². The molecular weight excluding hydrogens is 290 g/mol. The average molecular weight is 304 g/mol. The van der Waals surface area contributed by atoms with E-state index >= 15 is 0 Å². The predicted molar refractivity (Wildman–Crippen MR) is 77.7 cm³/mol. The largest absolute Gasteiger partial charge is 0.334 e. The molecule has 1 heterocycles. The summed E-state index contributed by atoms with van der Waals surface area (Å²) >= 11 is 1.31. The van der Waals surface area contributed by atoms with E-state index in [1.807, 2.05) is 6.07 Å². The van der Waals surface area contributed by atoms with Gasteiger partial charge in [-0.25, -0.2) is 14.6 Å². The third-order valence-electron chi connectivity index (χ3n) is 2.51. The first-order valence-electron chi connectivity index (χ1n) is 6.07. The van der Waals surface area contributed by atoms with Gasteiger partial charge in [0, 0.05) is 6.54 Å². The number of urea groups is 1. The van der Waals surface area contributed by atoms with Gasteiger partial charge in [0.2, 0.25) is 5.00 Å². The van der Waals surface area contributed by atoms with E-state index in [4.69, 9.17) is 10.1 Å². The second kappa shape index (κ2) is 7.35. The number of benzene rings is 1. The number of nitrogens with zero attached hydrogens (tertiary/aromatic N) is 2. The number of thiazole rings is 1. The van der Waals surface area contributed by atoms with E-state index in [9.17, 15) is 4.79 Å². The number of anilines is 1. The fourth-order valence-electron chi connectivity index (χ4n) is 1.54. The van der Waals surface area contributed by atoms with Crippen LogP contribution >= 0.6 is 11.3 Å². The summed E-state index contributed by atoms with van der Waals surface area (Å²) in [6, 6.07) is 8.73. The van der Waals surface area contributed by atoms with Crippen LogP contribution in [0.5, 0.6) is 0 Å². The van der Waals surface area contributed by atoms with E-state index in [1.54, 1.807) is 43.1 Å². The summed E-state index contributed by atoms with van der Waals surface area (Å²) in [6.45, 7) is 0.375. The molecule has 0 fully saturated rings. The summed E-state index contributed by atoms with van der Waals surface area (Å²) in [5, 5.41) is 15.4. The number of nitrogens with one attached hydrogen (secondary N) is 2. The van der Waals surface area contributed by atoms with Gasteiger partial charge in [-0.3, -0.25) is 5.32 Å². The molecule has 7 nitrogen and oxygen atoms in total. The Hall–Kier alpha value is -2.47. The Morgan fingerprint density at radius 1 is 1.48 bits per heavy atom. The lowest BCUT2D eigenvalue weighted by atomic mass is 10.1. The molecule has 1 aromatic carbocycles. The van der Waals surface area contributed by atoms with Crippen molar-refractivity contribution in [2.45, 2.75) is 6.54 Å². The van der Waals surface area contributed by atoms with Crippen LogP contribution in [0.1, 0.15) is 11.1 Å². The van der Waals surface area contributed by atoms with Crippen LogP contribution in [-0.2, 0) is 11.4 Å². The van der Waals surface area contributed by atoms with Crippen LogP contribution < -0.4 is 16.1 Å². The second-order valence-electron chi connectivity index (χ2n) is 4.04. The van der Waals surface area contributed by atoms with E-state index in [0.717, 1.165) is 10.6 Å². The monoisotopic (exact) mass is 304 g/mol. The molecule has 0 aliphatic heterocycles. The van der Waals surface area contributed by atoms with Crippen molar-refractivity contribution in [2.24, 2.45) is 0 Å². The quantitative estimate of drug-likeness (QED) is 0.719. The molecule has 2 aromatic rings. The summed E-state index contributed by atoms with van der Waals surface area (Å²) in [6.07, 6.45) is 1.62. The summed E-state index contributed by atoms with van der Waals surface area (Å²) < 4.78 is 0. The molecule has 21 heavy (non-hydrogen) atoms. The third-order valence-corrected chi connectivity index (χ3v) is 3.35. The fourth-order valence-corrected chi connectivity index (χ4v) is 2.26. The number of hydrogen-bond donors (Lipinski definition) is 3. The highest BCUT2D eigenvalue weighted by Gasteiger charge is 2.08. The molecule has 0 atom stereocenters. The molecule has 108 valence electrons. The minimum absolute atomic E-state index is 0.335. The van der Waals surface area contributed by atoms with Crippen LogP contribution in [0, 0.1) is 11.3 Å². The van der Waals surface area contributed by atoms with Gasteiger partial charge in [0.25, 0.3) is 0 Å². The molecular formula is C13H14N5O2S+. The molecule has 0 bridgehead atoms. The highest BCUT2D eigenvalue weighted by molar-refractivity contribution is 7.18. The van der Waals surface area contributed by atoms with Crippen molar-refractivity contribution in [3.63, 3.8) is 0 Å². The molecule has 0 aliphatic rings. The maximum absolute atomic E-state index is 11.7. The van der Waals surface area contributed by atoms with Crippen LogP contribution in [0.25, 0.3) is 0 Å². The Morgan fingerprint density at radius 2 is 2.24 bits per heavy atom. The molecule has 0 radical (unpaired) electrons. The van der Waals surface area contributed by atoms with Crippen molar-refractivity contribution in [1.29, 1.82) is 5.26 Å². The van der Waals surface area contributed by atoms with E-state index in [0.29, 0.717) is 17.2 Å². The summed E-state index contributed by atoms with van der Waals surface area (Å²) in [5.74, 6) is 0. The average Bonchev–Trinajstić information content (AvgIpc) is 2.93. The van der Waals surface area contributed by atoms with Gasteiger partial charge in [0.05, 0.1) is 18.7 Å². The molecule has 8 heteroatoms. The highest BCUT2D eigenvalue weighted by Crippen LogP contribution is 2.18. The van der Waals surface area contributed by atoms with Crippen LogP contribution in [0.4, 0.5) is 14.9 Å². The van der Waals surface area contributed by atoms with Crippen molar-refractivity contribution in [3.05, 3.63) is 41.6 Å². The lowest BCUT2D eigenvalue weighted by molar-refractivity contribution is -0.827. The molecule has 0 spiro atoms. The van der Waals surface area contributed by atoms with Crippen LogP contribution in [0.15, 0.2) is 30.5 Å². The second-order valence-corrected chi connectivity index (χ2v) is 5.10. The van der Waals surface area contributed by atoms with Crippen LogP contribution in [-0.4, -0.2) is 18.1 Å². The van der Waals surface area contributed by atoms with Crippen molar-refractivity contribution in [3.8, 4) is 6.07 Å². The molecule has 2 rings (SSSR count). The van der Waals surface area contributed by atoms with Gasteiger partial charge in [-0.05, 0) is 29.0 Å². The molecule has 4 N–H and O–H groups in total. The number of carbonyl (C=O) groups excluding carboxylic acids is 1. The van der Waals surface area contributed by atoms with Gasteiger partial charge in [-0.2, -0.15) is 10.7 Å². The van der Waals surface area contributed by atoms with E-state index in [-0.39, 0.29) is 6.03 Å². The van der Waals surface area contributed by atoms with E-state index in [2.05, 4.69) is 15.6 Å². The molecule has 0 saturated heterocycles. The maximum Gasteiger partial charge on any atom is 0.321 e. The van der Waals surface area contributed by atoms with Crippen molar-refractivity contribution in [1.82, 2.24) is 10.3 Å². The van der Waals surface area contributed by atoms with Crippen molar-refractivity contribution in [2.75, 3.05) is 12.4 Å². The van der Waals surface area contributed by atoms with Gasteiger partial charge in [-0.15, -0.1) is 0 Å². The number of nitrogens with two attached hydrogens (primary N) is 1. The van der Waals surface area contributed by atoms with E-state index < -0.39 is 0 Å². The Kier molecular flexibility index (Phi) is 5.22. The number of hydrogen-bond acceptors (Lipinski definition) is 5. The normalized spacial score (nSPS) is 9.90. The van der Waals surface area contributed by atoms with E-state index in [1.165, 1.54) is 11.3 Å². The first-order chi connectivity index (χ1) is 10.2. The lowest BCUT2D eigenvalue weighted by Crippen LogP contribution is -2.75. The number of carbonyl (C=O) groups is 1. The predicted octanol–water partition coefficient (Wildman–Crippen LogP) is 1.09. The number of aromatic nitrogens is 1. The number of amides is 2. The number of nitriles is 1. The number of rotatable bonds is 5. The Morgan fingerprint density at radius 3 is 2.90 bits per heavy atom. The Balaban J connectivity index is 1.82. The zero-order chi connectivity index (χ0) is 15.1. The van der Waals surface area contributed by atoms with Crippen molar-refractivity contribution >= 4 is 27.5 Å². The number of quaternary nitrogens is 1. The maximum atomic E-state index is 11.7. The van der Waals surface area contributed by atoms with Gasteiger partial charge in [-0.1, -0.05) is 12.1 Å². The molecule has 1 aromatic heterocycles. The summed E-state index contributed by atoms with van der Waals surface area (Å²) in [4.78, 5) is 20.6. The molecule has 0 saturated carbocycles. The van der Waals surface area contributed by atoms with Gasteiger partial charge in [0.15, 0.2) is 5.13 Å². The topological polar surface area (TPSA) is 104 Å². The van der Waals surface area contributed by atoms with Gasteiger partial charge >= 0.3 is 6.03 Å². The molecule has 0 aliphatic carbocycles. The molecule has 0 unspecified atom stereocenters. The SMILES string of the molecule is CO[NH2+]c1cnc(NC(=O)NCc2ccc(C#N)cc2)s1. The van der Waals surface area contributed by atoms with Crippen LogP contribution in [0.2, 0.25) is 0 Å². The minimum Gasteiger partial charge on any atom is -0.334 e. The standard InChI is InChI=1S/C13H13N5O2S/c1-20-18-11-8-16-13(21-11)17-12(19)15-7-10-4-2-9(6-14)3-5-10/h2-5,8,18H,7H2,1H3,(H2,15,16,17,19)/p+1. The van der Waals surface area contributed by atoms with Gasteiger partial charge < -0.3 is 5.32 Å². The van der Waals surface area contributed by atoms with Crippen molar-refractivity contribution < 1.29 is 15.1 Å². The first-order valence-corrected chi connectivity index (χ1v) is 6.88. The summed E-state index contributed by atoms with van der Waals surface area (Å²) in [5.41, 5.74) is 3.06. The first kappa shape index (κ1) is 14.9. The lowest BCUT2D eigenvalue weighted by Gasteiger charge is -2.05. The smallest absolute Gasteiger partial charge is 0.321 e. The molecule has 2 amide bonds. The van der Waals surface area contributed by atoms with Gasteiger partial charge in [0.1, 0.15) is 6.20 Å². The fraction of sp³-hybridized carbons (Fsp3) is 0.154. The Bertz CT molecular complexity index is 647. The zero-order valence-corrected chi connectivity index (χ0v) is 12.1. The summed E-state index contributed by atoms with van der Waals surface area (Å²) in [7, 11) is 1.55. The highest BCUT2D eigenvalue weighted by atomic mass is 32.1. The third kappa shape index (κ3) is 4.54. The zero-order valence-electron chi connectivity index (χ0n) is 11.3. The minimum atomic E-state index is -0.335. The van der Waals surface area contributed by atoms with Crippen LogP contribution in [0.3, 0.4) is 0 Å².